The summed E-state index contributed by atoms with van der Waals surface area (Å²) in [5.41, 5.74) is 0.799. The first kappa shape index (κ1) is 14.8. The van der Waals surface area contributed by atoms with Crippen molar-refractivity contribution < 1.29 is 9.53 Å². The van der Waals surface area contributed by atoms with Crippen molar-refractivity contribution in [1.29, 1.82) is 5.26 Å². The first-order valence-corrected chi connectivity index (χ1v) is 6.26. The molecule has 0 fully saturated rings. The summed E-state index contributed by atoms with van der Waals surface area (Å²) < 4.78 is 5.18. The van der Waals surface area contributed by atoms with Gasteiger partial charge >= 0.3 is 0 Å². The van der Waals surface area contributed by atoms with E-state index in [2.05, 4.69) is 5.32 Å². The van der Waals surface area contributed by atoms with Crippen LogP contribution in [0.4, 0.5) is 0 Å². The Labute approximate surface area is 113 Å². The fourth-order valence-electron chi connectivity index (χ4n) is 1.56. The van der Waals surface area contributed by atoms with Crippen molar-refractivity contribution in [1.82, 2.24) is 5.32 Å². The Hall–Kier alpha value is -2.28. The molecule has 1 N–H and O–H groups in total. The molecule has 0 spiro atoms. The summed E-state index contributed by atoms with van der Waals surface area (Å²) >= 11 is 0. The quantitative estimate of drug-likeness (QED) is 0.484. The molecule has 0 atom stereocenters. The number of nitrogens with one attached hydrogen (secondary N) is 1. The van der Waals surface area contributed by atoms with Crippen LogP contribution in [0.15, 0.2) is 29.8 Å². The molecule has 0 aromatic heterocycles. The summed E-state index contributed by atoms with van der Waals surface area (Å²) in [6, 6.07) is 9.18. The zero-order chi connectivity index (χ0) is 14.1. The summed E-state index contributed by atoms with van der Waals surface area (Å²) in [6.07, 6.45) is 3.44. The predicted molar refractivity (Wildman–Crippen MR) is 74.5 cm³/mol. The molecule has 0 saturated heterocycles. The van der Waals surface area contributed by atoms with Gasteiger partial charge in [0.25, 0.3) is 5.91 Å². The van der Waals surface area contributed by atoms with Crippen molar-refractivity contribution in [2.24, 2.45) is 0 Å². The third kappa shape index (κ3) is 4.47. The lowest BCUT2D eigenvalue weighted by Gasteiger charge is -2.05. The monoisotopic (exact) mass is 258 g/mol. The lowest BCUT2D eigenvalue weighted by atomic mass is 10.1. The topological polar surface area (TPSA) is 62.1 Å². The molecule has 0 heterocycles. The number of amides is 1. The fraction of sp³-hybridized carbons (Fsp3) is 0.333. The Morgan fingerprint density at radius 3 is 2.84 bits per heavy atom. The molecule has 1 aromatic carbocycles. The molecule has 19 heavy (non-hydrogen) atoms. The van der Waals surface area contributed by atoms with E-state index in [0.29, 0.717) is 17.9 Å². The number of rotatable bonds is 6. The number of benzene rings is 1. The molecule has 0 bridgehead atoms. The smallest absolute Gasteiger partial charge is 0.261 e. The van der Waals surface area contributed by atoms with E-state index in [0.717, 1.165) is 12.8 Å². The van der Waals surface area contributed by atoms with Crippen molar-refractivity contribution in [2.45, 2.75) is 19.8 Å². The first-order chi connectivity index (χ1) is 9.22. The summed E-state index contributed by atoms with van der Waals surface area (Å²) in [6.45, 7) is 2.63. The van der Waals surface area contributed by atoms with Crippen molar-refractivity contribution in [3.8, 4) is 11.8 Å². The molecule has 1 amide bonds. The molecule has 0 aliphatic heterocycles. The Bertz CT molecular complexity index is 501. The standard InChI is InChI=1S/C15H18N2O2/c1-3-4-9-17-15(18)13(11-16)10-12-7-5-6-8-14(12)19-2/h5-8,10H,3-4,9H2,1-2H3,(H,17,18)/b13-10-. The second-order valence-electron chi connectivity index (χ2n) is 4.02. The van der Waals surface area contributed by atoms with Gasteiger partial charge in [0.15, 0.2) is 0 Å². The molecular formula is C15H18N2O2. The minimum absolute atomic E-state index is 0.0839. The number of hydrogen-bond acceptors (Lipinski definition) is 3. The number of carbonyl (C=O) groups is 1. The molecule has 1 aromatic rings. The summed E-state index contributed by atoms with van der Waals surface area (Å²) in [4.78, 5) is 11.8. The van der Waals surface area contributed by atoms with Crippen LogP contribution in [0, 0.1) is 11.3 Å². The van der Waals surface area contributed by atoms with E-state index in [1.807, 2.05) is 25.1 Å². The van der Waals surface area contributed by atoms with Gasteiger partial charge in [0.05, 0.1) is 7.11 Å². The van der Waals surface area contributed by atoms with Gasteiger partial charge in [-0.25, -0.2) is 0 Å². The number of nitriles is 1. The van der Waals surface area contributed by atoms with Crippen LogP contribution in [0.1, 0.15) is 25.3 Å². The molecule has 0 radical (unpaired) electrons. The van der Waals surface area contributed by atoms with E-state index < -0.39 is 0 Å². The van der Waals surface area contributed by atoms with Gasteiger partial charge in [-0.05, 0) is 18.6 Å². The number of para-hydroxylation sites is 1. The largest absolute Gasteiger partial charge is 0.496 e. The Morgan fingerprint density at radius 1 is 1.47 bits per heavy atom. The lowest BCUT2D eigenvalue weighted by molar-refractivity contribution is -0.117. The van der Waals surface area contributed by atoms with Crippen LogP contribution < -0.4 is 10.1 Å². The molecule has 100 valence electrons. The normalized spacial score (nSPS) is 10.7. The average Bonchev–Trinajstić information content (AvgIpc) is 2.45. The lowest BCUT2D eigenvalue weighted by Crippen LogP contribution is -2.25. The van der Waals surface area contributed by atoms with Crippen molar-refractivity contribution in [3.05, 3.63) is 35.4 Å². The van der Waals surface area contributed by atoms with Gasteiger partial charge in [0.1, 0.15) is 17.4 Å². The summed E-state index contributed by atoms with van der Waals surface area (Å²) in [5, 5.41) is 11.8. The average molecular weight is 258 g/mol. The number of hydrogen-bond donors (Lipinski definition) is 1. The SMILES string of the molecule is CCCCNC(=O)/C(C#N)=C\c1ccccc1OC. The van der Waals surface area contributed by atoms with Gasteiger partial charge < -0.3 is 10.1 Å². The van der Waals surface area contributed by atoms with Gasteiger partial charge in [0, 0.05) is 12.1 Å². The molecule has 0 aliphatic carbocycles. The molecule has 1 rings (SSSR count). The van der Waals surface area contributed by atoms with E-state index in [-0.39, 0.29) is 11.5 Å². The highest BCUT2D eigenvalue weighted by atomic mass is 16.5. The van der Waals surface area contributed by atoms with Gasteiger partial charge in [0.2, 0.25) is 0 Å². The minimum Gasteiger partial charge on any atom is -0.496 e. The van der Waals surface area contributed by atoms with Crippen LogP contribution >= 0.6 is 0 Å². The second kappa shape index (κ2) is 7.93. The van der Waals surface area contributed by atoms with E-state index in [1.165, 1.54) is 0 Å². The Balaban J connectivity index is 2.87. The van der Waals surface area contributed by atoms with E-state index in [9.17, 15) is 4.79 Å². The molecule has 0 saturated carbocycles. The van der Waals surface area contributed by atoms with Crippen LogP contribution in [0.3, 0.4) is 0 Å². The van der Waals surface area contributed by atoms with Crippen LogP contribution in [-0.2, 0) is 4.79 Å². The zero-order valence-corrected chi connectivity index (χ0v) is 11.3. The third-order valence-corrected chi connectivity index (χ3v) is 2.62. The Kier molecular flexibility index (Phi) is 6.17. The van der Waals surface area contributed by atoms with E-state index >= 15 is 0 Å². The van der Waals surface area contributed by atoms with Crippen LogP contribution in [0.2, 0.25) is 0 Å². The van der Waals surface area contributed by atoms with Crippen LogP contribution in [-0.4, -0.2) is 19.6 Å². The highest BCUT2D eigenvalue weighted by Gasteiger charge is 2.09. The summed E-state index contributed by atoms with van der Waals surface area (Å²) in [5.74, 6) is 0.290. The number of unbranched alkanes of at least 4 members (excludes halogenated alkanes) is 1. The summed E-state index contributed by atoms with van der Waals surface area (Å²) in [7, 11) is 1.56. The predicted octanol–water partition coefficient (Wildman–Crippen LogP) is 2.52. The molecule has 0 unspecified atom stereocenters. The third-order valence-electron chi connectivity index (χ3n) is 2.62. The zero-order valence-electron chi connectivity index (χ0n) is 11.3. The van der Waals surface area contributed by atoms with Gasteiger partial charge in [-0.1, -0.05) is 31.5 Å². The Morgan fingerprint density at radius 2 is 2.21 bits per heavy atom. The van der Waals surface area contributed by atoms with Crippen molar-refractivity contribution in [3.63, 3.8) is 0 Å². The van der Waals surface area contributed by atoms with Crippen LogP contribution in [0.25, 0.3) is 6.08 Å². The fourth-order valence-corrected chi connectivity index (χ4v) is 1.56. The maximum absolute atomic E-state index is 11.8. The maximum atomic E-state index is 11.8. The number of carbonyl (C=O) groups excluding carboxylic acids is 1. The van der Waals surface area contributed by atoms with Crippen molar-refractivity contribution >= 4 is 12.0 Å². The van der Waals surface area contributed by atoms with Gasteiger partial charge in [-0.15, -0.1) is 0 Å². The van der Waals surface area contributed by atoms with E-state index in [4.69, 9.17) is 10.00 Å². The molecule has 4 nitrogen and oxygen atoms in total. The molecule has 4 heteroatoms. The number of methoxy groups -OCH3 is 1. The molecule has 0 aliphatic rings. The first-order valence-electron chi connectivity index (χ1n) is 6.26. The van der Waals surface area contributed by atoms with Gasteiger partial charge in [-0.3, -0.25) is 4.79 Å². The highest BCUT2D eigenvalue weighted by Crippen LogP contribution is 2.20. The number of nitrogens with zero attached hydrogens (tertiary/aromatic N) is 1. The minimum atomic E-state index is -0.346. The molecular weight excluding hydrogens is 240 g/mol. The maximum Gasteiger partial charge on any atom is 0.261 e. The van der Waals surface area contributed by atoms with E-state index in [1.54, 1.807) is 25.3 Å². The number of ether oxygens (including phenoxy) is 1. The van der Waals surface area contributed by atoms with Crippen molar-refractivity contribution in [2.75, 3.05) is 13.7 Å². The second-order valence-corrected chi connectivity index (χ2v) is 4.02. The highest BCUT2D eigenvalue weighted by molar-refractivity contribution is 6.01. The van der Waals surface area contributed by atoms with Crippen LogP contribution in [0.5, 0.6) is 5.75 Å². The van der Waals surface area contributed by atoms with Gasteiger partial charge in [-0.2, -0.15) is 5.26 Å².